The molecule has 0 unspecified atom stereocenters. The summed E-state index contributed by atoms with van der Waals surface area (Å²) in [7, 11) is 0. The van der Waals surface area contributed by atoms with E-state index in [0.717, 1.165) is 29.9 Å². The molecule has 8 aromatic rings. The molecule has 1 heterocycles. The summed E-state index contributed by atoms with van der Waals surface area (Å²) in [5.74, 6) is 0. The monoisotopic (exact) mass is 662 g/mol. The molecule has 1 aromatic heterocycles. The van der Waals surface area contributed by atoms with Crippen LogP contribution in [0, 0.1) is 0 Å². The van der Waals surface area contributed by atoms with Gasteiger partial charge in [0, 0.05) is 59.7 Å². The Balaban J connectivity index is 1.08. The molecule has 0 bridgehead atoms. The fourth-order valence-electron chi connectivity index (χ4n) is 8.06. The van der Waals surface area contributed by atoms with E-state index in [1.807, 2.05) is 11.3 Å². The second kappa shape index (κ2) is 13.0. The summed E-state index contributed by atoms with van der Waals surface area (Å²) in [6.45, 7) is 0. The first-order valence-corrected chi connectivity index (χ1v) is 18.5. The molecule has 0 amide bonds. The molecule has 3 heteroatoms. The second-order valence-corrected chi connectivity index (χ2v) is 14.4. The lowest BCUT2D eigenvalue weighted by Gasteiger charge is -2.33. The van der Waals surface area contributed by atoms with Crippen molar-refractivity contribution in [1.29, 1.82) is 0 Å². The van der Waals surface area contributed by atoms with Gasteiger partial charge in [0.1, 0.15) is 0 Å². The largest absolute Gasteiger partial charge is 0.311 e. The molecule has 0 N–H and O–H groups in total. The van der Waals surface area contributed by atoms with Crippen LogP contribution in [0.3, 0.4) is 0 Å². The number of thiophene rings is 1. The van der Waals surface area contributed by atoms with E-state index in [0.29, 0.717) is 0 Å². The molecule has 2 nitrogen and oxygen atoms in total. The van der Waals surface area contributed by atoms with Crippen molar-refractivity contribution in [3.8, 4) is 0 Å². The molecule has 0 radical (unpaired) electrons. The van der Waals surface area contributed by atoms with Gasteiger partial charge in [-0.05, 0) is 103 Å². The Hall–Kier alpha value is -5.64. The van der Waals surface area contributed by atoms with Crippen LogP contribution in [0.25, 0.3) is 20.2 Å². The zero-order chi connectivity index (χ0) is 33.3. The number of anilines is 6. The first kappa shape index (κ1) is 30.4. The first-order valence-electron chi connectivity index (χ1n) is 17.6. The lowest BCUT2D eigenvalue weighted by molar-refractivity contribution is 0.535. The van der Waals surface area contributed by atoms with Gasteiger partial charge in [0.2, 0.25) is 0 Å². The highest BCUT2D eigenvalue weighted by atomic mass is 32.1. The first-order chi connectivity index (χ1) is 24.8. The fourth-order valence-corrected chi connectivity index (χ4v) is 9.20. The van der Waals surface area contributed by atoms with E-state index >= 15 is 0 Å². The number of fused-ring (bicyclic) bond motifs is 3. The molecule has 1 saturated carbocycles. The molecule has 1 aliphatic carbocycles. The molecule has 0 saturated heterocycles. The van der Waals surface area contributed by atoms with Crippen molar-refractivity contribution in [2.75, 3.05) is 9.80 Å². The smallest absolute Gasteiger partial charge is 0.0476 e. The lowest BCUT2D eigenvalue weighted by Crippen LogP contribution is -2.24. The van der Waals surface area contributed by atoms with Gasteiger partial charge >= 0.3 is 0 Å². The maximum atomic E-state index is 2.39. The molecule has 1 fully saturated rings. The summed E-state index contributed by atoms with van der Waals surface area (Å²) >= 11 is 1.87. The molecular formula is C47H38N2S. The number of hydrogen-bond donors (Lipinski definition) is 0. The summed E-state index contributed by atoms with van der Waals surface area (Å²) in [5, 5.41) is 2.65. The van der Waals surface area contributed by atoms with Gasteiger partial charge in [0.15, 0.2) is 0 Å². The summed E-state index contributed by atoms with van der Waals surface area (Å²) in [4.78, 5) is 4.74. The Kier molecular flexibility index (Phi) is 7.91. The summed E-state index contributed by atoms with van der Waals surface area (Å²) < 4.78 is 2.64. The molecule has 0 atom stereocenters. The Labute approximate surface area is 298 Å². The molecule has 50 heavy (non-hydrogen) atoms. The van der Waals surface area contributed by atoms with Crippen LogP contribution in [0.5, 0.6) is 0 Å². The highest BCUT2D eigenvalue weighted by Gasteiger charge is 2.37. The molecule has 1 aliphatic rings. The van der Waals surface area contributed by atoms with Crippen molar-refractivity contribution >= 4 is 65.6 Å². The van der Waals surface area contributed by atoms with Gasteiger partial charge < -0.3 is 9.80 Å². The third-order valence-corrected chi connectivity index (χ3v) is 11.6. The van der Waals surface area contributed by atoms with Gasteiger partial charge in [0.25, 0.3) is 0 Å². The van der Waals surface area contributed by atoms with Crippen LogP contribution in [0.2, 0.25) is 0 Å². The van der Waals surface area contributed by atoms with E-state index < -0.39 is 0 Å². The fraction of sp³-hybridized carbons (Fsp3) is 0.106. The number of hydrogen-bond acceptors (Lipinski definition) is 3. The zero-order valence-electron chi connectivity index (χ0n) is 28.0. The van der Waals surface area contributed by atoms with Crippen molar-refractivity contribution in [2.45, 2.75) is 31.1 Å². The average molecular weight is 663 g/mol. The van der Waals surface area contributed by atoms with Crippen LogP contribution in [0.15, 0.2) is 182 Å². The third-order valence-electron chi connectivity index (χ3n) is 10.5. The maximum absolute atomic E-state index is 2.39. The molecule has 0 aliphatic heterocycles. The van der Waals surface area contributed by atoms with E-state index in [-0.39, 0.29) is 5.41 Å². The lowest BCUT2D eigenvalue weighted by atomic mass is 9.73. The van der Waals surface area contributed by atoms with Crippen LogP contribution in [-0.2, 0) is 5.41 Å². The Morgan fingerprint density at radius 1 is 0.360 bits per heavy atom. The standard InChI is InChI=1S/C47H38N2S/c1-4-14-37(15-5-1)48(38-16-6-2-7-17-38)40-26-22-35(23-27-40)47(32-12-13-33-47)36-24-28-41(29-25-36)49(39-18-8-3-9-19-39)42-30-31-44-43-20-10-11-21-45(43)50-46(44)34-42/h1-11,14-31,34H,12-13,32-33H2. The van der Waals surface area contributed by atoms with Crippen LogP contribution >= 0.6 is 11.3 Å². The van der Waals surface area contributed by atoms with Gasteiger partial charge in [-0.1, -0.05) is 116 Å². The minimum Gasteiger partial charge on any atom is -0.311 e. The van der Waals surface area contributed by atoms with Crippen molar-refractivity contribution in [3.63, 3.8) is 0 Å². The van der Waals surface area contributed by atoms with E-state index in [1.54, 1.807) is 0 Å². The van der Waals surface area contributed by atoms with Crippen molar-refractivity contribution in [1.82, 2.24) is 0 Å². The Morgan fingerprint density at radius 3 is 1.28 bits per heavy atom. The topological polar surface area (TPSA) is 6.48 Å². The van der Waals surface area contributed by atoms with Crippen LogP contribution < -0.4 is 9.80 Å². The molecule has 9 rings (SSSR count). The third kappa shape index (κ3) is 5.45. The van der Waals surface area contributed by atoms with Crippen LogP contribution in [0.4, 0.5) is 34.1 Å². The number of benzene rings is 7. The SMILES string of the molecule is c1ccc(N(c2ccccc2)c2ccc(C3(c4ccc(N(c5ccccc5)c5ccc6c(c5)sc5ccccc56)cc4)CCCC3)cc2)cc1. The van der Waals surface area contributed by atoms with Gasteiger partial charge in [-0.25, -0.2) is 0 Å². The molecule has 7 aromatic carbocycles. The van der Waals surface area contributed by atoms with E-state index in [2.05, 4.69) is 192 Å². The summed E-state index contributed by atoms with van der Waals surface area (Å²) in [5.41, 5.74) is 9.82. The van der Waals surface area contributed by atoms with Gasteiger partial charge in [-0.3, -0.25) is 0 Å². The predicted octanol–water partition coefficient (Wildman–Crippen LogP) is 13.9. The summed E-state index contributed by atoms with van der Waals surface area (Å²) in [6.07, 6.45) is 4.82. The minimum atomic E-state index is 0.00888. The Bertz CT molecular complexity index is 2320. The van der Waals surface area contributed by atoms with E-state index in [9.17, 15) is 0 Å². The molecular weight excluding hydrogens is 625 g/mol. The number of para-hydroxylation sites is 3. The zero-order valence-corrected chi connectivity index (χ0v) is 28.8. The van der Waals surface area contributed by atoms with Gasteiger partial charge in [0.05, 0.1) is 0 Å². The summed E-state index contributed by atoms with van der Waals surface area (Å²) in [6, 6.07) is 66.5. The van der Waals surface area contributed by atoms with Crippen LogP contribution in [-0.4, -0.2) is 0 Å². The van der Waals surface area contributed by atoms with E-state index in [4.69, 9.17) is 0 Å². The van der Waals surface area contributed by atoms with Crippen molar-refractivity contribution < 1.29 is 0 Å². The number of nitrogens with zero attached hydrogens (tertiary/aromatic N) is 2. The molecule has 0 spiro atoms. The van der Waals surface area contributed by atoms with Crippen LogP contribution in [0.1, 0.15) is 36.8 Å². The van der Waals surface area contributed by atoms with Gasteiger partial charge in [-0.2, -0.15) is 0 Å². The minimum absolute atomic E-state index is 0.00888. The van der Waals surface area contributed by atoms with Gasteiger partial charge in [-0.15, -0.1) is 11.3 Å². The normalized spacial score (nSPS) is 13.8. The average Bonchev–Trinajstić information content (AvgIpc) is 3.83. The Morgan fingerprint density at radius 2 is 0.760 bits per heavy atom. The van der Waals surface area contributed by atoms with Crippen molar-refractivity contribution in [3.05, 3.63) is 193 Å². The predicted molar refractivity (Wildman–Crippen MR) is 214 cm³/mol. The quantitative estimate of drug-likeness (QED) is 0.160. The van der Waals surface area contributed by atoms with Crippen molar-refractivity contribution in [2.24, 2.45) is 0 Å². The maximum Gasteiger partial charge on any atom is 0.0476 e. The highest BCUT2D eigenvalue weighted by Crippen LogP contribution is 2.48. The number of rotatable bonds is 8. The molecule has 242 valence electrons. The highest BCUT2D eigenvalue weighted by molar-refractivity contribution is 7.25. The van der Waals surface area contributed by atoms with E-state index in [1.165, 1.54) is 61.2 Å². The second-order valence-electron chi connectivity index (χ2n) is 13.3.